The Balaban J connectivity index is 2.34. The van der Waals surface area contributed by atoms with Crippen molar-refractivity contribution >= 4 is 21.6 Å². The summed E-state index contributed by atoms with van der Waals surface area (Å²) in [4.78, 5) is 6.22. The van der Waals surface area contributed by atoms with Crippen molar-refractivity contribution in [2.24, 2.45) is 0 Å². The maximum atomic E-state index is 13.0. The predicted molar refractivity (Wildman–Crippen MR) is 96.6 cm³/mol. The van der Waals surface area contributed by atoms with Gasteiger partial charge in [0.2, 0.25) is 10.0 Å². The highest BCUT2D eigenvalue weighted by molar-refractivity contribution is 7.89. The van der Waals surface area contributed by atoms with E-state index in [4.69, 9.17) is 11.6 Å². The van der Waals surface area contributed by atoms with E-state index in [-0.39, 0.29) is 11.4 Å². The summed E-state index contributed by atoms with van der Waals surface area (Å²) in [6.45, 7) is 3.13. The molecule has 1 aromatic carbocycles. The molecule has 0 saturated heterocycles. The first-order valence-electron chi connectivity index (χ1n) is 7.60. The molecule has 2 aromatic rings. The zero-order valence-electron chi connectivity index (χ0n) is 14.1. The van der Waals surface area contributed by atoms with Gasteiger partial charge in [0.25, 0.3) is 0 Å². The molecule has 0 aliphatic carbocycles. The maximum Gasteiger partial charge on any atom is 0.243 e. The Labute approximate surface area is 148 Å². The molecule has 0 saturated carbocycles. The molecule has 1 heterocycles. The van der Waals surface area contributed by atoms with Gasteiger partial charge in [0.05, 0.1) is 4.90 Å². The lowest BCUT2D eigenvalue weighted by molar-refractivity contribution is 0.329. The molecule has 0 bridgehead atoms. The van der Waals surface area contributed by atoms with Crippen LogP contribution in [-0.2, 0) is 16.6 Å². The minimum atomic E-state index is -3.64. The molecule has 7 heteroatoms. The number of hydrogen-bond donors (Lipinski definition) is 0. The molecule has 0 aliphatic heterocycles. The van der Waals surface area contributed by atoms with E-state index < -0.39 is 10.0 Å². The van der Waals surface area contributed by atoms with Gasteiger partial charge in [-0.15, -0.1) is 0 Å². The van der Waals surface area contributed by atoms with Gasteiger partial charge in [0.15, 0.2) is 0 Å². The molecule has 24 heavy (non-hydrogen) atoms. The number of likely N-dealkylation sites (N-methyl/N-ethyl adjacent to an activating group) is 1. The van der Waals surface area contributed by atoms with Crippen molar-refractivity contribution in [3.63, 3.8) is 0 Å². The number of aryl methyl sites for hydroxylation is 1. The Hall–Kier alpha value is -1.47. The van der Waals surface area contributed by atoms with Crippen molar-refractivity contribution in [3.05, 3.63) is 58.9 Å². The van der Waals surface area contributed by atoms with Gasteiger partial charge in [0, 0.05) is 37.1 Å². The molecule has 5 nitrogen and oxygen atoms in total. The third-order valence-electron chi connectivity index (χ3n) is 3.66. The van der Waals surface area contributed by atoms with Crippen LogP contribution < -0.4 is 0 Å². The molecular formula is C17H22ClN3O2S. The Morgan fingerprint density at radius 1 is 1.17 bits per heavy atom. The Morgan fingerprint density at radius 3 is 2.50 bits per heavy atom. The fourth-order valence-electron chi connectivity index (χ4n) is 2.17. The largest absolute Gasteiger partial charge is 0.308 e. The zero-order chi connectivity index (χ0) is 17.7. The molecule has 0 radical (unpaired) electrons. The van der Waals surface area contributed by atoms with Gasteiger partial charge in [-0.05, 0) is 50.3 Å². The van der Waals surface area contributed by atoms with Gasteiger partial charge in [0.1, 0.15) is 0 Å². The first-order chi connectivity index (χ1) is 11.3. The van der Waals surface area contributed by atoms with Crippen LogP contribution in [0.3, 0.4) is 0 Å². The average molecular weight is 368 g/mol. The molecule has 0 spiro atoms. The van der Waals surface area contributed by atoms with Crippen LogP contribution in [0.1, 0.15) is 11.1 Å². The molecule has 0 N–H and O–H groups in total. The third kappa shape index (κ3) is 4.77. The Bertz CT molecular complexity index is 780. The van der Waals surface area contributed by atoms with Crippen molar-refractivity contribution in [1.29, 1.82) is 0 Å². The highest BCUT2D eigenvalue weighted by Crippen LogP contribution is 2.23. The summed E-state index contributed by atoms with van der Waals surface area (Å²) in [5.41, 5.74) is 1.70. The number of rotatable bonds is 7. The summed E-state index contributed by atoms with van der Waals surface area (Å²) in [6, 6.07) is 8.51. The number of sulfonamides is 1. The van der Waals surface area contributed by atoms with Crippen LogP contribution in [0.4, 0.5) is 0 Å². The van der Waals surface area contributed by atoms with Crippen LogP contribution in [0.5, 0.6) is 0 Å². The molecule has 0 aliphatic rings. The summed E-state index contributed by atoms with van der Waals surface area (Å²) in [7, 11) is 0.189. The van der Waals surface area contributed by atoms with Gasteiger partial charge < -0.3 is 4.90 Å². The molecular weight excluding hydrogens is 346 g/mol. The number of nitrogens with zero attached hydrogens (tertiary/aromatic N) is 3. The first-order valence-corrected chi connectivity index (χ1v) is 9.42. The van der Waals surface area contributed by atoms with E-state index in [0.717, 1.165) is 11.1 Å². The highest BCUT2D eigenvalue weighted by Gasteiger charge is 2.25. The SMILES string of the molecule is Cc1ccc(S(=O)(=O)N(CCN(C)C)Cc2cccnc2)cc1Cl. The van der Waals surface area contributed by atoms with Crippen LogP contribution in [0.25, 0.3) is 0 Å². The second kappa shape index (κ2) is 8.07. The third-order valence-corrected chi connectivity index (χ3v) is 5.91. The monoisotopic (exact) mass is 367 g/mol. The minimum Gasteiger partial charge on any atom is -0.308 e. The van der Waals surface area contributed by atoms with Crippen molar-refractivity contribution in [2.45, 2.75) is 18.4 Å². The molecule has 1 aromatic heterocycles. The lowest BCUT2D eigenvalue weighted by Crippen LogP contribution is -2.36. The fraction of sp³-hybridized carbons (Fsp3) is 0.353. The molecule has 0 fully saturated rings. The number of halogens is 1. The maximum absolute atomic E-state index is 13.0. The summed E-state index contributed by atoms with van der Waals surface area (Å²) in [6.07, 6.45) is 3.35. The van der Waals surface area contributed by atoms with Gasteiger partial charge in [-0.2, -0.15) is 4.31 Å². The smallest absolute Gasteiger partial charge is 0.243 e. The van der Waals surface area contributed by atoms with Crippen molar-refractivity contribution in [1.82, 2.24) is 14.2 Å². The lowest BCUT2D eigenvalue weighted by atomic mass is 10.2. The number of benzene rings is 1. The van der Waals surface area contributed by atoms with E-state index in [2.05, 4.69) is 4.98 Å². The van der Waals surface area contributed by atoms with Crippen LogP contribution in [0.2, 0.25) is 5.02 Å². The van der Waals surface area contributed by atoms with Crippen LogP contribution in [0.15, 0.2) is 47.6 Å². The molecule has 0 unspecified atom stereocenters. The normalized spacial score (nSPS) is 12.1. The molecule has 0 amide bonds. The first kappa shape index (κ1) is 18.9. The van der Waals surface area contributed by atoms with E-state index in [0.29, 0.717) is 18.1 Å². The van der Waals surface area contributed by atoms with E-state index >= 15 is 0 Å². The summed E-state index contributed by atoms with van der Waals surface area (Å²) < 4.78 is 27.5. The topological polar surface area (TPSA) is 53.5 Å². The predicted octanol–water partition coefficient (Wildman–Crippen LogP) is 2.80. The Morgan fingerprint density at radius 2 is 1.92 bits per heavy atom. The zero-order valence-corrected chi connectivity index (χ0v) is 15.7. The van der Waals surface area contributed by atoms with Gasteiger partial charge in [-0.3, -0.25) is 4.98 Å². The van der Waals surface area contributed by atoms with E-state index in [9.17, 15) is 8.42 Å². The van der Waals surface area contributed by atoms with Crippen molar-refractivity contribution in [2.75, 3.05) is 27.2 Å². The van der Waals surface area contributed by atoms with Crippen molar-refractivity contribution in [3.8, 4) is 0 Å². The second-order valence-corrected chi connectivity index (χ2v) is 8.26. The molecule has 0 atom stereocenters. The quantitative estimate of drug-likeness (QED) is 0.755. The standard InChI is InChI=1S/C17H22ClN3O2S/c1-14-6-7-16(11-17(14)18)24(22,23)21(10-9-20(2)3)13-15-5-4-8-19-12-15/h4-8,11-12H,9-10,13H2,1-3H3. The van der Waals surface area contributed by atoms with Gasteiger partial charge in [-0.25, -0.2) is 8.42 Å². The fourth-order valence-corrected chi connectivity index (χ4v) is 3.87. The van der Waals surface area contributed by atoms with Crippen LogP contribution >= 0.6 is 11.6 Å². The van der Waals surface area contributed by atoms with Crippen LogP contribution in [0, 0.1) is 6.92 Å². The van der Waals surface area contributed by atoms with E-state index in [1.807, 2.05) is 32.0 Å². The number of hydrogen-bond acceptors (Lipinski definition) is 4. The highest BCUT2D eigenvalue weighted by atomic mass is 35.5. The number of aromatic nitrogens is 1. The minimum absolute atomic E-state index is 0.209. The average Bonchev–Trinajstić information content (AvgIpc) is 2.54. The second-order valence-electron chi connectivity index (χ2n) is 5.91. The summed E-state index contributed by atoms with van der Waals surface area (Å²) >= 11 is 6.11. The van der Waals surface area contributed by atoms with Gasteiger partial charge >= 0.3 is 0 Å². The van der Waals surface area contributed by atoms with E-state index in [1.165, 1.54) is 10.4 Å². The lowest BCUT2D eigenvalue weighted by Gasteiger charge is -2.24. The van der Waals surface area contributed by atoms with E-state index in [1.54, 1.807) is 30.6 Å². The summed E-state index contributed by atoms with van der Waals surface area (Å²) in [5.74, 6) is 0. The van der Waals surface area contributed by atoms with Gasteiger partial charge in [-0.1, -0.05) is 23.7 Å². The molecule has 2 rings (SSSR count). The Kier molecular flexibility index (Phi) is 6.34. The number of pyridine rings is 1. The van der Waals surface area contributed by atoms with Crippen molar-refractivity contribution < 1.29 is 8.42 Å². The van der Waals surface area contributed by atoms with Crippen LogP contribution in [-0.4, -0.2) is 49.8 Å². The summed E-state index contributed by atoms with van der Waals surface area (Å²) in [5, 5.41) is 0.449. The molecule has 130 valence electrons.